The number of piperidine rings is 1. The number of imide groups is 1. The van der Waals surface area contributed by atoms with Crippen molar-refractivity contribution < 1.29 is 14.4 Å². The lowest BCUT2D eigenvalue weighted by molar-refractivity contribution is -0.131. The zero-order chi connectivity index (χ0) is 18.2. The van der Waals surface area contributed by atoms with Crippen LogP contribution in [0.1, 0.15) is 58.8 Å². The maximum atomic E-state index is 12.6. The van der Waals surface area contributed by atoms with E-state index in [1.165, 1.54) is 19.3 Å². The molecule has 25 heavy (non-hydrogen) atoms. The number of rotatable bonds is 5. The van der Waals surface area contributed by atoms with E-state index in [1.807, 2.05) is 4.90 Å². The molecule has 7 nitrogen and oxygen atoms in total. The smallest absolute Gasteiger partial charge is 0.321 e. The molecule has 4 amide bonds. The Kier molecular flexibility index (Phi) is 7.68. The maximum Gasteiger partial charge on any atom is 0.321 e. The SMILES string of the molecule is CCNC(=O)NC(=O)[C@H](C)N1CCC[C@@H](C(=O)NC2CCCCC2)C1. The van der Waals surface area contributed by atoms with Gasteiger partial charge in [0.15, 0.2) is 0 Å². The zero-order valence-electron chi connectivity index (χ0n) is 15.5. The zero-order valence-corrected chi connectivity index (χ0v) is 15.5. The van der Waals surface area contributed by atoms with Crippen molar-refractivity contribution in [2.24, 2.45) is 5.92 Å². The average Bonchev–Trinajstić information content (AvgIpc) is 2.62. The van der Waals surface area contributed by atoms with Crippen molar-refractivity contribution in [2.45, 2.75) is 70.9 Å². The Hall–Kier alpha value is -1.63. The molecule has 0 spiro atoms. The van der Waals surface area contributed by atoms with E-state index in [-0.39, 0.29) is 17.7 Å². The Morgan fingerprint density at radius 3 is 2.48 bits per heavy atom. The lowest BCUT2D eigenvalue weighted by Crippen LogP contribution is -2.54. The van der Waals surface area contributed by atoms with E-state index in [1.54, 1.807) is 13.8 Å². The summed E-state index contributed by atoms with van der Waals surface area (Å²) in [4.78, 5) is 38.3. The lowest BCUT2D eigenvalue weighted by Gasteiger charge is -2.36. The third-order valence-electron chi connectivity index (χ3n) is 5.28. The molecule has 1 saturated carbocycles. The number of likely N-dealkylation sites (tertiary alicyclic amines) is 1. The number of nitrogens with one attached hydrogen (secondary N) is 3. The highest BCUT2D eigenvalue weighted by atomic mass is 16.2. The van der Waals surface area contributed by atoms with Crippen LogP contribution in [-0.4, -0.2) is 54.5 Å². The van der Waals surface area contributed by atoms with Crippen molar-refractivity contribution in [1.82, 2.24) is 20.9 Å². The first kappa shape index (κ1) is 19.7. The van der Waals surface area contributed by atoms with Crippen molar-refractivity contribution >= 4 is 17.8 Å². The minimum Gasteiger partial charge on any atom is -0.353 e. The van der Waals surface area contributed by atoms with E-state index in [0.717, 1.165) is 32.2 Å². The van der Waals surface area contributed by atoms with Crippen LogP contribution in [0, 0.1) is 5.92 Å². The molecular weight excluding hydrogens is 320 g/mol. The van der Waals surface area contributed by atoms with Crippen molar-refractivity contribution in [3.05, 3.63) is 0 Å². The summed E-state index contributed by atoms with van der Waals surface area (Å²) in [5.41, 5.74) is 0. The highest BCUT2D eigenvalue weighted by molar-refractivity contribution is 5.96. The quantitative estimate of drug-likeness (QED) is 0.697. The Bertz CT molecular complexity index is 477. The monoisotopic (exact) mass is 352 g/mol. The first-order valence-electron chi connectivity index (χ1n) is 9.64. The standard InChI is InChI=1S/C18H32N4O3/c1-3-19-18(25)21-16(23)13(2)22-11-7-8-14(12-22)17(24)20-15-9-5-4-6-10-15/h13-15H,3-12H2,1-2H3,(H,20,24)(H2,19,21,23,25)/t13-,14+/m0/s1. The number of hydrogen-bond donors (Lipinski definition) is 3. The molecule has 2 aliphatic rings. The molecule has 0 bridgehead atoms. The summed E-state index contributed by atoms with van der Waals surface area (Å²) in [5.74, 6) is -0.275. The molecule has 0 aromatic rings. The van der Waals surface area contributed by atoms with Crippen LogP contribution in [0.2, 0.25) is 0 Å². The van der Waals surface area contributed by atoms with E-state index < -0.39 is 12.1 Å². The molecule has 1 heterocycles. The lowest BCUT2D eigenvalue weighted by atomic mass is 9.92. The predicted molar refractivity (Wildman–Crippen MR) is 96.0 cm³/mol. The first-order valence-corrected chi connectivity index (χ1v) is 9.64. The van der Waals surface area contributed by atoms with Gasteiger partial charge in [0.25, 0.3) is 0 Å². The summed E-state index contributed by atoms with van der Waals surface area (Å²) in [6, 6.07) is -0.578. The molecule has 2 rings (SSSR count). The van der Waals surface area contributed by atoms with Crippen LogP contribution in [-0.2, 0) is 9.59 Å². The van der Waals surface area contributed by atoms with Gasteiger partial charge in [-0.25, -0.2) is 4.79 Å². The van der Waals surface area contributed by atoms with Gasteiger partial charge in [0.05, 0.1) is 12.0 Å². The second-order valence-electron chi connectivity index (χ2n) is 7.20. The number of carbonyl (C=O) groups is 3. The predicted octanol–water partition coefficient (Wildman–Crippen LogP) is 1.38. The molecule has 7 heteroatoms. The Balaban J connectivity index is 1.83. The van der Waals surface area contributed by atoms with Gasteiger partial charge >= 0.3 is 6.03 Å². The average molecular weight is 352 g/mol. The van der Waals surface area contributed by atoms with Gasteiger partial charge in [-0.15, -0.1) is 0 Å². The third-order valence-corrected chi connectivity index (χ3v) is 5.28. The van der Waals surface area contributed by atoms with Crippen molar-refractivity contribution in [2.75, 3.05) is 19.6 Å². The third kappa shape index (κ3) is 5.99. The van der Waals surface area contributed by atoms with Gasteiger partial charge in [0, 0.05) is 19.1 Å². The van der Waals surface area contributed by atoms with Gasteiger partial charge in [-0.05, 0) is 46.1 Å². The first-order chi connectivity index (χ1) is 12.0. The Morgan fingerprint density at radius 2 is 1.80 bits per heavy atom. The van der Waals surface area contributed by atoms with Gasteiger partial charge in [-0.1, -0.05) is 19.3 Å². The molecule has 0 aromatic carbocycles. The highest BCUT2D eigenvalue weighted by Crippen LogP contribution is 2.21. The fourth-order valence-corrected chi connectivity index (χ4v) is 3.73. The van der Waals surface area contributed by atoms with Gasteiger partial charge in [0.1, 0.15) is 0 Å². The second-order valence-corrected chi connectivity index (χ2v) is 7.20. The number of nitrogens with zero attached hydrogens (tertiary/aromatic N) is 1. The van der Waals surface area contributed by atoms with Crippen LogP contribution >= 0.6 is 0 Å². The molecule has 1 aliphatic heterocycles. The number of urea groups is 1. The van der Waals surface area contributed by atoms with E-state index in [2.05, 4.69) is 16.0 Å². The van der Waals surface area contributed by atoms with Crippen LogP contribution in [0.5, 0.6) is 0 Å². The minimum absolute atomic E-state index is 0.0737. The van der Waals surface area contributed by atoms with Gasteiger partial charge in [-0.3, -0.25) is 19.8 Å². The van der Waals surface area contributed by atoms with Crippen LogP contribution in [0.3, 0.4) is 0 Å². The van der Waals surface area contributed by atoms with Crippen molar-refractivity contribution in [3.8, 4) is 0 Å². The summed E-state index contributed by atoms with van der Waals surface area (Å²) in [7, 11) is 0. The molecule has 2 fully saturated rings. The molecule has 142 valence electrons. The fourth-order valence-electron chi connectivity index (χ4n) is 3.73. The van der Waals surface area contributed by atoms with Crippen LogP contribution in [0.15, 0.2) is 0 Å². The summed E-state index contributed by atoms with van der Waals surface area (Å²) >= 11 is 0. The molecule has 0 radical (unpaired) electrons. The van der Waals surface area contributed by atoms with Gasteiger partial charge in [-0.2, -0.15) is 0 Å². The van der Waals surface area contributed by atoms with E-state index in [9.17, 15) is 14.4 Å². The number of carbonyl (C=O) groups excluding carboxylic acids is 3. The van der Waals surface area contributed by atoms with Crippen molar-refractivity contribution in [1.29, 1.82) is 0 Å². The Labute approximate surface area is 150 Å². The van der Waals surface area contributed by atoms with Gasteiger partial charge < -0.3 is 10.6 Å². The molecule has 0 unspecified atom stereocenters. The largest absolute Gasteiger partial charge is 0.353 e. The van der Waals surface area contributed by atoms with Crippen LogP contribution < -0.4 is 16.0 Å². The summed E-state index contributed by atoms with van der Waals surface area (Å²) in [5, 5.41) is 8.11. The molecule has 2 atom stereocenters. The minimum atomic E-state index is -0.469. The molecule has 1 saturated heterocycles. The Morgan fingerprint density at radius 1 is 1.08 bits per heavy atom. The normalized spacial score (nSPS) is 23.5. The topological polar surface area (TPSA) is 90.5 Å². The molecular formula is C18H32N4O3. The summed E-state index contributed by atoms with van der Waals surface area (Å²) in [6.45, 7) is 5.41. The summed E-state index contributed by atoms with van der Waals surface area (Å²) < 4.78 is 0. The van der Waals surface area contributed by atoms with Crippen LogP contribution in [0.25, 0.3) is 0 Å². The maximum absolute atomic E-state index is 12.6. The molecule has 3 N–H and O–H groups in total. The molecule has 0 aromatic heterocycles. The van der Waals surface area contributed by atoms with E-state index >= 15 is 0 Å². The van der Waals surface area contributed by atoms with Gasteiger partial charge in [0.2, 0.25) is 11.8 Å². The molecule has 1 aliphatic carbocycles. The van der Waals surface area contributed by atoms with Crippen molar-refractivity contribution in [3.63, 3.8) is 0 Å². The fraction of sp³-hybridized carbons (Fsp3) is 0.833. The van der Waals surface area contributed by atoms with E-state index in [4.69, 9.17) is 0 Å². The van der Waals surface area contributed by atoms with E-state index in [0.29, 0.717) is 19.1 Å². The van der Waals surface area contributed by atoms with Crippen LogP contribution in [0.4, 0.5) is 4.79 Å². The summed E-state index contributed by atoms with van der Waals surface area (Å²) in [6.07, 6.45) is 7.56. The highest BCUT2D eigenvalue weighted by Gasteiger charge is 2.32. The second kappa shape index (κ2) is 9.75. The number of hydrogen-bond acceptors (Lipinski definition) is 4. The number of amides is 4.